The maximum atomic E-state index is 11.5. The SMILES string of the molecule is CC(C)C(=O)NCCCc1cccc2ccccc12. The average Bonchev–Trinajstić information content (AvgIpc) is 2.43. The normalized spacial score (nSPS) is 10.9. The molecule has 1 N–H and O–H groups in total. The number of nitrogens with one attached hydrogen (secondary N) is 1. The fraction of sp³-hybridized carbons (Fsp3) is 0.353. The van der Waals surface area contributed by atoms with Crippen LogP contribution in [-0.2, 0) is 11.2 Å². The van der Waals surface area contributed by atoms with Crippen LogP contribution in [0.4, 0.5) is 0 Å². The Bertz CT molecular complexity index is 555. The molecule has 0 radical (unpaired) electrons. The first-order valence-corrected chi connectivity index (χ1v) is 6.93. The van der Waals surface area contributed by atoms with E-state index < -0.39 is 0 Å². The van der Waals surface area contributed by atoms with Gasteiger partial charge in [-0.3, -0.25) is 4.79 Å². The van der Waals surface area contributed by atoms with Crippen molar-refractivity contribution in [2.75, 3.05) is 6.54 Å². The fourth-order valence-corrected chi connectivity index (χ4v) is 2.21. The molecule has 0 aliphatic carbocycles. The lowest BCUT2D eigenvalue weighted by Gasteiger charge is -2.09. The number of rotatable bonds is 5. The molecule has 2 rings (SSSR count). The summed E-state index contributed by atoms with van der Waals surface area (Å²) >= 11 is 0. The van der Waals surface area contributed by atoms with E-state index in [0.29, 0.717) is 0 Å². The fourth-order valence-electron chi connectivity index (χ4n) is 2.21. The maximum absolute atomic E-state index is 11.5. The second-order valence-electron chi connectivity index (χ2n) is 5.19. The van der Waals surface area contributed by atoms with Gasteiger partial charge in [0.25, 0.3) is 0 Å². The summed E-state index contributed by atoms with van der Waals surface area (Å²) in [4.78, 5) is 11.5. The third-order valence-electron chi connectivity index (χ3n) is 3.33. The van der Waals surface area contributed by atoms with Crippen molar-refractivity contribution in [1.82, 2.24) is 5.32 Å². The first kappa shape index (κ1) is 13.6. The molecule has 0 saturated heterocycles. The van der Waals surface area contributed by atoms with Gasteiger partial charge in [-0.1, -0.05) is 56.3 Å². The van der Waals surface area contributed by atoms with Crippen molar-refractivity contribution >= 4 is 16.7 Å². The number of fused-ring (bicyclic) bond motifs is 1. The second kappa shape index (κ2) is 6.37. The number of carbonyl (C=O) groups excluding carboxylic acids is 1. The molecule has 100 valence electrons. The summed E-state index contributed by atoms with van der Waals surface area (Å²) in [6.07, 6.45) is 1.98. The number of hydrogen-bond acceptors (Lipinski definition) is 1. The largest absolute Gasteiger partial charge is 0.356 e. The summed E-state index contributed by atoms with van der Waals surface area (Å²) in [6, 6.07) is 14.9. The van der Waals surface area contributed by atoms with E-state index in [1.165, 1.54) is 16.3 Å². The molecule has 1 amide bonds. The molecule has 0 atom stereocenters. The lowest BCUT2D eigenvalue weighted by atomic mass is 10.0. The Morgan fingerprint density at radius 1 is 1.11 bits per heavy atom. The summed E-state index contributed by atoms with van der Waals surface area (Å²) in [5.74, 6) is 0.204. The minimum atomic E-state index is 0.0672. The monoisotopic (exact) mass is 255 g/mol. The highest BCUT2D eigenvalue weighted by molar-refractivity contribution is 5.85. The van der Waals surface area contributed by atoms with E-state index in [1.54, 1.807) is 0 Å². The Morgan fingerprint density at radius 3 is 2.63 bits per heavy atom. The average molecular weight is 255 g/mol. The van der Waals surface area contributed by atoms with E-state index in [4.69, 9.17) is 0 Å². The van der Waals surface area contributed by atoms with E-state index in [9.17, 15) is 4.79 Å². The smallest absolute Gasteiger partial charge is 0.222 e. The molecule has 2 heteroatoms. The number of amides is 1. The Morgan fingerprint density at radius 2 is 1.84 bits per heavy atom. The van der Waals surface area contributed by atoms with Gasteiger partial charge in [-0.05, 0) is 29.2 Å². The van der Waals surface area contributed by atoms with Crippen molar-refractivity contribution in [2.45, 2.75) is 26.7 Å². The van der Waals surface area contributed by atoms with Gasteiger partial charge in [0.2, 0.25) is 5.91 Å². The lowest BCUT2D eigenvalue weighted by molar-refractivity contribution is -0.123. The van der Waals surface area contributed by atoms with Crippen LogP contribution in [0.5, 0.6) is 0 Å². The molecule has 0 unspecified atom stereocenters. The van der Waals surface area contributed by atoms with Crippen LogP contribution < -0.4 is 5.32 Å². The van der Waals surface area contributed by atoms with Gasteiger partial charge in [0, 0.05) is 12.5 Å². The Balaban J connectivity index is 1.93. The van der Waals surface area contributed by atoms with E-state index in [1.807, 2.05) is 13.8 Å². The Hall–Kier alpha value is -1.83. The summed E-state index contributed by atoms with van der Waals surface area (Å²) in [6.45, 7) is 4.58. The number of benzene rings is 2. The third kappa shape index (κ3) is 3.57. The van der Waals surface area contributed by atoms with Gasteiger partial charge in [0.15, 0.2) is 0 Å². The van der Waals surface area contributed by atoms with Crippen LogP contribution in [0.2, 0.25) is 0 Å². The van der Waals surface area contributed by atoms with Crippen LogP contribution in [0, 0.1) is 5.92 Å². The minimum Gasteiger partial charge on any atom is -0.356 e. The Labute approximate surface area is 114 Å². The van der Waals surface area contributed by atoms with Crippen molar-refractivity contribution in [3.8, 4) is 0 Å². The van der Waals surface area contributed by atoms with Crippen LogP contribution in [0.1, 0.15) is 25.8 Å². The van der Waals surface area contributed by atoms with E-state index >= 15 is 0 Å². The number of carbonyl (C=O) groups is 1. The molecule has 19 heavy (non-hydrogen) atoms. The molecule has 0 aromatic heterocycles. The van der Waals surface area contributed by atoms with Crippen molar-refractivity contribution in [2.24, 2.45) is 5.92 Å². The number of hydrogen-bond donors (Lipinski definition) is 1. The molecule has 0 heterocycles. The predicted molar refractivity (Wildman–Crippen MR) is 80.1 cm³/mol. The summed E-state index contributed by atoms with van der Waals surface area (Å²) in [5.41, 5.74) is 1.36. The maximum Gasteiger partial charge on any atom is 0.222 e. The predicted octanol–water partition coefficient (Wildman–Crippen LogP) is 3.54. The highest BCUT2D eigenvalue weighted by atomic mass is 16.1. The van der Waals surface area contributed by atoms with Gasteiger partial charge in [0.05, 0.1) is 0 Å². The van der Waals surface area contributed by atoms with Gasteiger partial charge in [-0.2, -0.15) is 0 Å². The molecule has 2 nitrogen and oxygen atoms in total. The quantitative estimate of drug-likeness (QED) is 0.813. The third-order valence-corrected chi connectivity index (χ3v) is 3.33. The molecule has 0 aliphatic heterocycles. The van der Waals surface area contributed by atoms with Crippen molar-refractivity contribution < 1.29 is 4.79 Å². The van der Waals surface area contributed by atoms with Gasteiger partial charge in [-0.25, -0.2) is 0 Å². The summed E-state index contributed by atoms with van der Waals surface area (Å²) in [7, 11) is 0. The number of aryl methyl sites for hydroxylation is 1. The van der Waals surface area contributed by atoms with Crippen LogP contribution in [-0.4, -0.2) is 12.5 Å². The molecule has 0 bridgehead atoms. The molecule has 2 aromatic carbocycles. The lowest BCUT2D eigenvalue weighted by Crippen LogP contribution is -2.28. The topological polar surface area (TPSA) is 29.1 Å². The van der Waals surface area contributed by atoms with E-state index in [2.05, 4.69) is 47.8 Å². The second-order valence-corrected chi connectivity index (χ2v) is 5.19. The Kier molecular flexibility index (Phi) is 4.56. The first-order valence-electron chi connectivity index (χ1n) is 6.93. The zero-order valence-electron chi connectivity index (χ0n) is 11.6. The van der Waals surface area contributed by atoms with Crippen LogP contribution in [0.25, 0.3) is 10.8 Å². The highest BCUT2D eigenvalue weighted by Gasteiger charge is 2.05. The summed E-state index contributed by atoms with van der Waals surface area (Å²) < 4.78 is 0. The van der Waals surface area contributed by atoms with Crippen molar-refractivity contribution in [3.05, 3.63) is 48.0 Å². The zero-order chi connectivity index (χ0) is 13.7. The van der Waals surface area contributed by atoms with Crippen molar-refractivity contribution in [1.29, 1.82) is 0 Å². The van der Waals surface area contributed by atoms with E-state index in [-0.39, 0.29) is 11.8 Å². The molecule has 0 saturated carbocycles. The molecule has 0 aliphatic rings. The van der Waals surface area contributed by atoms with Crippen molar-refractivity contribution in [3.63, 3.8) is 0 Å². The standard InChI is InChI=1S/C17H21NO/c1-13(2)17(19)18-12-6-10-15-9-5-8-14-7-3-4-11-16(14)15/h3-5,7-9,11,13H,6,10,12H2,1-2H3,(H,18,19). The van der Waals surface area contributed by atoms with Gasteiger partial charge < -0.3 is 5.32 Å². The van der Waals surface area contributed by atoms with E-state index in [0.717, 1.165) is 19.4 Å². The zero-order valence-corrected chi connectivity index (χ0v) is 11.6. The molecule has 0 fully saturated rings. The van der Waals surface area contributed by atoms with Crippen LogP contribution >= 0.6 is 0 Å². The van der Waals surface area contributed by atoms with Gasteiger partial charge in [0.1, 0.15) is 0 Å². The summed E-state index contributed by atoms with van der Waals surface area (Å²) in [5, 5.41) is 5.56. The van der Waals surface area contributed by atoms with Crippen LogP contribution in [0.3, 0.4) is 0 Å². The molecule has 2 aromatic rings. The molecular weight excluding hydrogens is 234 g/mol. The van der Waals surface area contributed by atoms with Crippen LogP contribution in [0.15, 0.2) is 42.5 Å². The first-order chi connectivity index (χ1) is 9.18. The highest BCUT2D eigenvalue weighted by Crippen LogP contribution is 2.19. The molecule has 0 spiro atoms. The minimum absolute atomic E-state index is 0.0672. The van der Waals surface area contributed by atoms with Gasteiger partial charge >= 0.3 is 0 Å². The van der Waals surface area contributed by atoms with Gasteiger partial charge in [-0.15, -0.1) is 0 Å². The molecular formula is C17H21NO.